The van der Waals surface area contributed by atoms with E-state index in [0.717, 1.165) is 18.4 Å². The highest BCUT2D eigenvalue weighted by Gasteiger charge is 2.43. The van der Waals surface area contributed by atoms with Crippen molar-refractivity contribution in [3.63, 3.8) is 0 Å². The summed E-state index contributed by atoms with van der Waals surface area (Å²) in [5.41, 5.74) is 0.947. The van der Waals surface area contributed by atoms with Gasteiger partial charge in [-0.3, -0.25) is 24.1 Å². The molecule has 0 aromatic heterocycles. The standard InChI is InChI=1S/C41H70N4O8/c1-13-27(5)35(42-39(48)36(26(3)4)43(8)9)40(49)44(10)37(28(6)14-2)33(51-11)24-34(47)45-22-18-21-32(45)38(52-12)29(7)41(50)53-31(25-46)23-30-19-16-15-17-20-30/h15-17,19-20,26-29,31-33,35-38,46H,13-14,18,21-25H2,1-12H3,(H,42,48)/t27?,28?,29-,31+,32+,33-,35+,36+,37+,38-/m1/s1. The Balaban J connectivity index is 2.28. The van der Waals surface area contributed by atoms with Crippen LogP contribution < -0.4 is 5.32 Å². The molecule has 3 amide bonds. The van der Waals surface area contributed by atoms with Crippen molar-refractivity contribution >= 4 is 23.7 Å². The van der Waals surface area contributed by atoms with Gasteiger partial charge >= 0.3 is 5.97 Å². The smallest absolute Gasteiger partial charge is 0.311 e. The molecule has 1 saturated heterocycles. The van der Waals surface area contributed by atoms with Crippen LogP contribution in [0.5, 0.6) is 0 Å². The molecule has 10 atom stereocenters. The van der Waals surface area contributed by atoms with Gasteiger partial charge < -0.3 is 34.4 Å². The van der Waals surface area contributed by atoms with Crippen molar-refractivity contribution in [1.29, 1.82) is 0 Å². The van der Waals surface area contributed by atoms with Crippen LogP contribution >= 0.6 is 0 Å². The average Bonchev–Trinajstić information content (AvgIpc) is 3.62. The lowest BCUT2D eigenvalue weighted by atomic mass is 9.89. The maximum atomic E-state index is 14.4. The van der Waals surface area contributed by atoms with Crippen molar-refractivity contribution in [3.05, 3.63) is 35.9 Å². The van der Waals surface area contributed by atoms with Crippen molar-refractivity contribution in [2.45, 2.75) is 129 Å². The van der Waals surface area contributed by atoms with Gasteiger partial charge in [-0.2, -0.15) is 0 Å². The summed E-state index contributed by atoms with van der Waals surface area (Å²) in [7, 11) is 8.57. The molecule has 12 heteroatoms. The molecule has 0 bridgehead atoms. The molecule has 12 nitrogen and oxygen atoms in total. The van der Waals surface area contributed by atoms with Crippen LogP contribution in [0.3, 0.4) is 0 Å². The van der Waals surface area contributed by atoms with Crippen LogP contribution in [0.25, 0.3) is 0 Å². The Morgan fingerprint density at radius 1 is 0.943 bits per heavy atom. The second kappa shape index (κ2) is 22.4. The number of likely N-dealkylation sites (tertiary alicyclic amines) is 1. The van der Waals surface area contributed by atoms with Gasteiger partial charge in [0.15, 0.2) is 0 Å². The number of hydrogen-bond donors (Lipinski definition) is 2. The summed E-state index contributed by atoms with van der Waals surface area (Å²) in [5.74, 6) is -1.85. The monoisotopic (exact) mass is 747 g/mol. The predicted octanol–water partition coefficient (Wildman–Crippen LogP) is 4.17. The lowest BCUT2D eigenvalue weighted by molar-refractivity contribution is -0.163. The predicted molar refractivity (Wildman–Crippen MR) is 207 cm³/mol. The molecule has 0 saturated carbocycles. The van der Waals surface area contributed by atoms with Gasteiger partial charge in [0.25, 0.3) is 0 Å². The van der Waals surface area contributed by atoms with E-state index >= 15 is 0 Å². The number of ether oxygens (including phenoxy) is 3. The number of carbonyl (C=O) groups is 4. The molecule has 53 heavy (non-hydrogen) atoms. The van der Waals surface area contributed by atoms with Gasteiger partial charge in [0.1, 0.15) is 12.1 Å². The molecular weight excluding hydrogens is 676 g/mol. The maximum Gasteiger partial charge on any atom is 0.311 e. The lowest BCUT2D eigenvalue weighted by Gasteiger charge is -2.41. The van der Waals surface area contributed by atoms with Crippen LogP contribution in [0.4, 0.5) is 0 Å². The minimum atomic E-state index is -0.747. The van der Waals surface area contributed by atoms with Crippen LogP contribution in [0.15, 0.2) is 30.3 Å². The minimum absolute atomic E-state index is 0.0218. The zero-order chi connectivity index (χ0) is 40.0. The van der Waals surface area contributed by atoms with E-state index in [-0.39, 0.29) is 54.5 Å². The van der Waals surface area contributed by atoms with Crippen LogP contribution in [-0.2, 0) is 39.8 Å². The molecule has 0 spiro atoms. The molecule has 2 unspecified atom stereocenters. The summed E-state index contributed by atoms with van der Waals surface area (Å²) in [6.45, 7) is 14.0. The largest absolute Gasteiger partial charge is 0.459 e. The van der Waals surface area contributed by atoms with Crippen LogP contribution in [0.1, 0.15) is 86.1 Å². The Morgan fingerprint density at radius 2 is 1.57 bits per heavy atom. The van der Waals surface area contributed by atoms with E-state index < -0.39 is 48.3 Å². The highest BCUT2D eigenvalue weighted by molar-refractivity contribution is 5.90. The van der Waals surface area contributed by atoms with Crippen LogP contribution in [-0.4, -0.2) is 134 Å². The molecule has 1 heterocycles. The first kappa shape index (κ1) is 46.1. The van der Waals surface area contributed by atoms with Gasteiger partial charge in [-0.15, -0.1) is 0 Å². The maximum absolute atomic E-state index is 14.4. The number of likely N-dealkylation sites (N-methyl/N-ethyl adjacent to an activating group) is 2. The van der Waals surface area contributed by atoms with Gasteiger partial charge in [-0.05, 0) is 57.2 Å². The number of aliphatic hydroxyl groups excluding tert-OH is 1. The Labute approximate surface area is 319 Å². The zero-order valence-corrected chi connectivity index (χ0v) is 34.5. The number of esters is 1. The summed E-state index contributed by atoms with van der Waals surface area (Å²) in [6.07, 6.45) is 1.28. The van der Waals surface area contributed by atoms with Crippen molar-refractivity contribution < 1.29 is 38.5 Å². The van der Waals surface area contributed by atoms with Crippen LogP contribution in [0, 0.1) is 23.7 Å². The third kappa shape index (κ3) is 12.5. The summed E-state index contributed by atoms with van der Waals surface area (Å²) in [4.78, 5) is 60.8. The molecular formula is C41H70N4O8. The number of benzene rings is 1. The molecule has 0 aliphatic carbocycles. The van der Waals surface area contributed by atoms with Gasteiger partial charge in [0, 0.05) is 34.2 Å². The fraction of sp³-hybridized carbons (Fsp3) is 0.756. The van der Waals surface area contributed by atoms with E-state index in [1.807, 2.05) is 90.9 Å². The highest BCUT2D eigenvalue weighted by Crippen LogP contribution is 2.30. The molecule has 1 fully saturated rings. The molecule has 302 valence electrons. The second-order valence-electron chi connectivity index (χ2n) is 15.5. The van der Waals surface area contributed by atoms with E-state index in [4.69, 9.17) is 14.2 Å². The topological polar surface area (TPSA) is 138 Å². The summed E-state index contributed by atoms with van der Waals surface area (Å²) in [5, 5.41) is 13.1. The van der Waals surface area contributed by atoms with Crippen molar-refractivity contribution in [3.8, 4) is 0 Å². The molecule has 1 aromatic rings. The number of aliphatic hydroxyl groups is 1. The average molecular weight is 747 g/mol. The van der Waals surface area contributed by atoms with E-state index in [0.29, 0.717) is 25.8 Å². The summed E-state index contributed by atoms with van der Waals surface area (Å²) >= 11 is 0. The highest BCUT2D eigenvalue weighted by atomic mass is 16.6. The fourth-order valence-electron chi connectivity index (χ4n) is 7.86. The zero-order valence-electron chi connectivity index (χ0n) is 34.5. The quantitative estimate of drug-likeness (QED) is 0.168. The molecule has 2 N–H and O–H groups in total. The first-order valence-corrected chi connectivity index (χ1v) is 19.5. The van der Waals surface area contributed by atoms with E-state index in [2.05, 4.69) is 5.32 Å². The van der Waals surface area contributed by atoms with Gasteiger partial charge in [-0.1, -0.05) is 84.7 Å². The SMILES string of the molecule is CCC(C)[C@H](NC(=O)[C@H](C(C)C)N(C)C)C(=O)N(C)[C@@H](C(C)CC)[C@@H](CC(=O)N1CCC[C@H]1[C@H](OC)[C@@H](C)C(=O)O[C@H](CO)Cc1ccccc1)OC. The van der Waals surface area contributed by atoms with Crippen molar-refractivity contribution in [2.24, 2.45) is 23.7 Å². The third-order valence-corrected chi connectivity index (χ3v) is 11.2. The molecule has 1 aromatic carbocycles. The first-order chi connectivity index (χ1) is 25.1. The summed E-state index contributed by atoms with van der Waals surface area (Å²) < 4.78 is 17.7. The Morgan fingerprint density at radius 3 is 2.08 bits per heavy atom. The second-order valence-corrected chi connectivity index (χ2v) is 15.5. The van der Waals surface area contributed by atoms with E-state index in [1.54, 1.807) is 30.9 Å². The molecule has 1 aliphatic heterocycles. The van der Waals surface area contributed by atoms with Crippen molar-refractivity contribution in [2.75, 3.05) is 48.5 Å². The Kier molecular flexibility index (Phi) is 19.4. The fourth-order valence-corrected chi connectivity index (χ4v) is 7.86. The van der Waals surface area contributed by atoms with E-state index in [9.17, 15) is 24.3 Å². The minimum Gasteiger partial charge on any atom is -0.459 e. The van der Waals surface area contributed by atoms with Crippen LogP contribution in [0.2, 0.25) is 0 Å². The molecule has 2 rings (SSSR count). The third-order valence-electron chi connectivity index (χ3n) is 11.2. The van der Waals surface area contributed by atoms with Crippen molar-refractivity contribution in [1.82, 2.24) is 20.0 Å². The molecule has 0 radical (unpaired) electrons. The van der Waals surface area contributed by atoms with Gasteiger partial charge in [-0.25, -0.2) is 0 Å². The number of rotatable bonds is 22. The summed E-state index contributed by atoms with van der Waals surface area (Å²) in [6, 6.07) is 7.58. The number of nitrogens with zero attached hydrogens (tertiary/aromatic N) is 3. The number of carbonyl (C=O) groups excluding carboxylic acids is 4. The van der Waals surface area contributed by atoms with Gasteiger partial charge in [0.2, 0.25) is 17.7 Å². The first-order valence-electron chi connectivity index (χ1n) is 19.5. The number of nitrogens with one attached hydrogen (secondary N) is 1. The molecule has 1 aliphatic rings. The van der Waals surface area contributed by atoms with E-state index in [1.165, 1.54) is 7.11 Å². The Hall–Kier alpha value is -3.06. The number of methoxy groups -OCH3 is 2. The number of amides is 3. The Bertz CT molecular complexity index is 1270. The lowest BCUT2D eigenvalue weighted by Crippen LogP contribution is -2.60. The number of hydrogen-bond acceptors (Lipinski definition) is 9. The normalized spacial score (nSPS) is 19.8. The van der Waals surface area contributed by atoms with Gasteiger partial charge in [0.05, 0.1) is 49.3 Å².